The molecule has 0 amide bonds. The maximum Gasteiger partial charge on any atom is 0.131 e. The maximum absolute atomic E-state index is 14.0. The normalized spacial score (nSPS) is 10.7. The van der Waals surface area contributed by atoms with Crippen molar-refractivity contribution in [1.29, 1.82) is 0 Å². The van der Waals surface area contributed by atoms with Crippen molar-refractivity contribution in [3.8, 4) is 0 Å². The largest absolute Gasteiger partial charge is 0.326 e. The summed E-state index contributed by atoms with van der Waals surface area (Å²) >= 11 is 1.66. The van der Waals surface area contributed by atoms with Gasteiger partial charge in [0.25, 0.3) is 0 Å². The minimum atomic E-state index is -0.165. The molecular formula is C16H18FNS. The van der Waals surface area contributed by atoms with Crippen LogP contribution in [0.15, 0.2) is 41.3 Å². The molecular weight excluding hydrogens is 257 g/mol. The molecule has 0 spiro atoms. The van der Waals surface area contributed by atoms with E-state index in [1.807, 2.05) is 12.1 Å². The quantitative estimate of drug-likeness (QED) is 0.847. The summed E-state index contributed by atoms with van der Waals surface area (Å²) in [4.78, 5) is 1.20. The lowest BCUT2D eigenvalue weighted by molar-refractivity contribution is 0.600. The molecule has 0 aliphatic rings. The van der Waals surface area contributed by atoms with E-state index < -0.39 is 0 Å². The van der Waals surface area contributed by atoms with Gasteiger partial charge in [-0.05, 0) is 31.0 Å². The predicted molar refractivity (Wildman–Crippen MR) is 79.8 cm³/mol. The second kappa shape index (κ2) is 6.22. The summed E-state index contributed by atoms with van der Waals surface area (Å²) in [5, 5.41) is 0. The van der Waals surface area contributed by atoms with Crippen LogP contribution in [-0.4, -0.2) is 0 Å². The Hall–Kier alpha value is -1.32. The molecule has 0 unspecified atom stereocenters. The van der Waals surface area contributed by atoms with Gasteiger partial charge in [-0.3, -0.25) is 0 Å². The molecule has 0 saturated carbocycles. The highest BCUT2D eigenvalue weighted by atomic mass is 32.2. The average molecular weight is 275 g/mol. The van der Waals surface area contributed by atoms with Crippen molar-refractivity contribution in [3.63, 3.8) is 0 Å². The standard InChI is InChI=1S/C16H18FNS/c1-11-6-7-15(12(2)8-11)19-10-14-5-3-4-13(9-18)16(14)17/h3-8H,9-10,18H2,1-2H3. The van der Waals surface area contributed by atoms with E-state index in [9.17, 15) is 4.39 Å². The Morgan fingerprint density at radius 2 is 1.84 bits per heavy atom. The van der Waals surface area contributed by atoms with Crippen LogP contribution in [0.5, 0.6) is 0 Å². The fourth-order valence-electron chi connectivity index (χ4n) is 2.02. The average Bonchev–Trinajstić information content (AvgIpc) is 2.39. The summed E-state index contributed by atoms with van der Waals surface area (Å²) in [6.07, 6.45) is 0. The minimum absolute atomic E-state index is 0.165. The van der Waals surface area contributed by atoms with Gasteiger partial charge in [-0.15, -0.1) is 11.8 Å². The van der Waals surface area contributed by atoms with E-state index in [1.165, 1.54) is 16.0 Å². The van der Waals surface area contributed by atoms with Crippen LogP contribution in [0.4, 0.5) is 4.39 Å². The van der Waals surface area contributed by atoms with Crippen LogP contribution in [0.2, 0.25) is 0 Å². The Labute approximate surface area is 118 Å². The van der Waals surface area contributed by atoms with Crippen molar-refractivity contribution < 1.29 is 4.39 Å². The van der Waals surface area contributed by atoms with Crippen LogP contribution >= 0.6 is 11.8 Å². The molecule has 2 aromatic rings. The Morgan fingerprint density at radius 3 is 2.53 bits per heavy atom. The summed E-state index contributed by atoms with van der Waals surface area (Å²) in [5.41, 5.74) is 9.30. The fourth-order valence-corrected chi connectivity index (χ4v) is 3.00. The lowest BCUT2D eigenvalue weighted by Crippen LogP contribution is -2.02. The van der Waals surface area contributed by atoms with Crippen LogP contribution < -0.4 is 5.73 Å². The van der Waals surface area contributed by atoms with Crippen LogP contribution in [-0.2, 0) is 12.3 Å². The molecule has 19 heavy (non-hydrogen) atoms. The summed E-state index contributed by atoms with van der Waals surface area (Å²) < 4.78 is 14.0. The number of nitrogens with two attached hydrogens (primary N) is 1. The first-order valence-electron chi connectivity index (χ1n) is 6.28. The van der Waals surface area contributed by atoms with Gasteiger partial charge in [-0.25, -0.2) is 4.39 Å². The van der Waals surface area contributed by atoms with E-state index in [0.29, 0.717) is 16.9 Å². The second-order valence-electron chi connectivity index (χ2n) is 4.65. The minimum Gasteiger partial charge on any atom is -0.326 e. The van der Waals surface area contributed by atoms with Gasteiger partial charge in [0.15, 0.2) is 0 Å². The van der Waals surface area contributed by atoms with Crippen LogP contribution in [0.1, 0.15) is 22.3 Å². The Balaban J connectivity index is 2.14. The Bertz CT molecular complexity index is 581. The highest BCUT2D eigenvalue weighted by molar-refractivity contribution is 7.98. The van der Waals surface area contributed by atoms with Crippen molar-refractivity contribution in [2.75, 3.05) is 0 Å². The molecule has 0 fully saturated rings. The van der Waals surface area contributed by atoms with E-state index in [1.54, 1.807) is 17.8 Å². The van der Waals surface area contributed by atoms with Crippen LogP contribution in [0.3, 0.4) is 0 Å². The summed E-state index contributed by atoms with van der Waals surface area (Å²) in [6, 6.07) is 11.8. The number of thioether (sulfide) groups is 1. The van der Waals surface area contributed by atoms with Crippen molar-refractivity contribution in [3.05, 3.63) is 64.5 Å². The van der Waals surface area contributed by atoms with E-state index in [2.05, 4.69) is 32.0 Å². The molecule has 2 aromatic carbocycles. The first kappa shape index (κ1) is 14.1. The zero-order chi connectivity index (χ0) is 13.8. The second-order valence-corrected chi connectivity index (χ2v) is 5.67. The van der Waals surface area contributed by atoms with Gasteiger partial charge in [0, 0.05) is 22.8 Å². The number of hydrogen-bond acceptors (Lipinski definition) is 2. The highest BCUT2D eigenvalue weighted by Gasteiger charge is 2.08. The number of halogens is 1. The maximum atomic E-state index is 14.0. The van der Waals surface area contributed by atoms with Crippen molar-refractivity contribution in [1.82, 2.24) is 0 Å². The van der Waals surface area contributed by atoms with Gasteiger partial charge < -0.3 is 5.73 Å². The topological polar surface area (TPSA) is 26.0 Å². The van der Waals surface area contributed by atoms with Crippen molar-refractivity contribution in [2.45, 2.75) is 31.0 Å². The monoisotopic (exact) mass is 275 g/mol. The number of rotatable bonds is 4. The van der Waals surface area contributed by atoms with Gasteiger partial charge in [0.1, 0.15) is 5.82 Å². The third-order valence-electron chi connectivity index (χ3n) is 3.09. The lowest BCUT2D eigenvalue weighted by Gasteiger charge is -2.09. The first-order chi connectivity index (χ1) is 9.11. The molecule has 0 aliphatic carbocycles. The fraction of sp³-hybridized carbons (Fsp3) is 0.250. The van der Waals surface area contributed by atoms with E-state index >= 15 is 0 Å². The summed E-state index contributed by atoms with van der Waals surface area (Å²) in [5.74, 6) is 0.464. The SMILES string of the molecule is Cc1ccc(SCc2cccc(CN)c2F)c(C)c1. The lowest BCUT2D eigenvalue weighted by atomic mass is 10.1. The Kier molecular flexibility index (Phi) is 4.61. The smallest absolute Gasteiger partial charge is 0.131 e. The van der Waals surface area contributed by atoms with E-state index in [-0.39, 0.29) is 12.4 Å². The molecule has 0 bridgehead atoms. The Morgan fingerprint density at radius 1 is 1.11 bits per heavy atom. The summed E-state index contributed by atoms with van der Waals surface area (Å²) in [7, 11) is 0. The van der Waals surface area contributed by atoms with Crippen molar-refractivity contribution in [2.24, 2.45) is 5.73 Å². The van der Waals surface area contributed by atoms with Crippen LogP contribution in [0.25, 0.3) is 0 Å². The third-order valence-corrected chi connectivity index (χ3v) is 4.32. The van der Waals surface area contributed by atoms with Gasteiger partial charge in [0.2, 0.25) is 0 Å². The molecule has 100 valence electrons. The van der Waals surface area contributed by atoms with Gasteiger partial charge >= 0.3 is 0 Å². The molecule has 2 rings (SSSR count). The van der Waals surface area contributed by atoms with Gasteiger partial charge in [0.05, 0.1) is 0 Å². The van der Waals surface area contributed by atoms with Crippen molar-refractivity contribution >= 4 is 11.8 Å². The van der Waals surface area contributed by atoms with E-state index in [4.69, 9.17) is 5.73 Å². The molecule has 3 heteroatoms. The number of hydrogen-bond donors (Lipinski definition) is 1. The zero-order valence-corrected chi connectivity index (χ0v) is 12.1. The third kappa shape index (κ3) is 3.37. The molecule has 0 heterocycles. The molecule has 0 radical (unpaired) electrons. The zero-order valence-electron chi connectivity index (χ0n) is 11.2. The first-order valence-corrected chi connectivity index (χ1v) is 7.26. The van der Waals surface area contributed by atoms with Gasteiger partial charge in [-0.2, -0.15) is 0 Å². The molecule has 0 aliphatic heterocycles. The number of aryl methyl sites for hydroxylation is 2. The molecule has 0 saturated heterocycles. The van der Waals surface area contributed by atoms with Gasteiger partial charge in [-0.1, -0.05) is 35.9 Å². The molecule has 0 atom stereocenters. The number of benzene rings is 2. The van der Waals surface area contributed by atoms with E-state index in [0.717, 1.165) is 0 Å². The molecule has 0 aromatic heterocycles. The molecule has 1 nitrogen and oxygen atoms in total. The predicted octanol–water partition coefficient (Wildman–Crippen LogP) is 4.19. The highest BCUT2D eigenvalue weighted by Crippen LogP contribution is 2.28. The summed E-state index contributed by atoms with van der Waals surface area (Å²) in [6.45, 7) is 4.40. The van der Waals surface area contributed by atoms with Crippen LogP contribution in [0, 0.1) is 19.7 Å². The molecule has 2 N–H and O–H groups in total.